The molecule has 3 aliphatic rings. The van der Waals surface area contributed by atoms with Gasteiger partial charge in [0.1, 0.15) is 0 Å². The molecule has 9 heteroatoms. The molecule has 2 aromatic carbocycles. The fourth-order valence-electron chi connectivity index (χ4n) is 6.41. The van der Waals surface area contributed by atoms with Crippen LogP contribution in [0.1, 0.15) is 56.4 Å². The molecule has 1 aromatic heterocycles. The molecule has 2 fully saturated rings. The van der Waals surface area contributed by atoms with E-state index in [1.165, 1.54) is 11.1 Å². The molecule has 1 amide bonds. The molecular formula is C31H42N6O3. The third-order valence-corrected chi connectivity index (χ3v) is 8.64. The molecule has 0 aliphatic carbocycles. The van der Waals surface area contributed by atoms with E-state index >= 15 is 0 Å². The first-order valence-corrected chi connectivity index (χ1v) is 14.9. The highest BCUT2D eigenvalue weighted by Crippen LogP contribution is 2.35. The van der Waals surface area contributed by atoms with Gasteiger partial charge in [-0.3, -0.25) is 9.69 Å². The average molecular weight is 547 g/mol. The van der Waals surface area contributed by atoms with E-state index in [9.17, 15) is 9.90 Å². The Kier molecular flexibility index (Phi) is 8.22. The largest absolute Gasteiger partial charge is 0.390 e. The average Bonchev–Trinajstić information content (AvgIpc) is 3.36. The third kappa shape index (κ3) is 5.96. The highest BCUT2D eigenvalue weighted by molar-refractivity contribution is 5.98. The maximum absolute atomic E-state index is 11.8. The Morgan fingerprint density at radius 3 is 2.67 bits per heavy atom. The van der Waals surface area contributed by atoms with Crippen LogP contribution in [0, 0.1) is 0 Å². The van der Waals surface area contributed by atoms with Gasteiger partial charge in [-0.15, -0.1) is 0 Å². The van der Waals surface area contributed by atoms with Crippen molar-refractivity contribution in [2.75, 3.05) is 50.0 Å². The van der Waals surface area contributed by atoms with Gasteiger partial charge in [0.15, 0.2) is 12.0 Å². The number of likely N-dealkylation sites (tertiary alicyclic amines) is 1. The summed E-state index contributed by atoms with van der Waals surface area (Å²) in [6.07, 6.45) is 5.37. The number of piperidine rings is 1. The minimum atomic E-state index is -0.510. The van der Waals surface area contributed by atoms with E-state index in [2.05, 4.69) is 58.0 Å². The van der Waals surface area contributed by atoms with Gasteiger partial charge in [0, 0.05) is 64.2 Å². The number of hydrogen-bond donors (Lipinski definition) is 3. The summed E-state index contributed by atoms with van der Waals surface area (Å²) < 4.78 is 8.21. The summed E-state index contributed by atoms with van der Waals surface area (Å²) in [6, 6.07) is 15.2. The van der Waals surface area contributed by atoms with Crippen molar-refractivity contribution in [3.8, 4) is 0 Å². The van der Waals surface area contributed by atoms with Gasteiger partial charge in [0.05, 0.1) is 17.3 Å². The molecule has 2 saturated heterocycles. The van der Waals surface area contributed by atoms with Gasteiger partial charge in [0.25, 0.3) is 0 Å². The van der Waals surface area contributed by atoms with Crippen LogP contribution in [0.3, 0.4) is 0 Å². The lowest BCUT2D eigenvalue weighted by atomic mass is 10.00. The zero-order valence-electron chi connectivity index (χ0n) is 23.5. The molecule has 2 atom stereocenters. The van der Waals surface area contributed by atoms with Crippen molar-refractivity contribution in [3.63, 3.8) is 0 Å². The van der Waals surface area contributed by atoms with Crippen molar-refractivity contribution in [2.24, 2.45) is 0 Å². The van der Waals surface area contributed by atoms with Crippen molar-refractivity contribution in [1.29, 1.82) is 0 Å². The van der Waals surface area contributed by atoms with Crippen LogP contribution < -0.4 is 10.6 Å². The molecule has 6 rings (SSSR count). The molecule has 4 heterocycles. The van der Waals surface area contributed by atoms with Crippen LogP contribution in [-0.4, -0.2) is 82.1 Å². The number of amides is 1. The van der Waals surface area contributed by atoms with E-state index < -0.39 is 6.10 Å². The van der Waals surface area contributed by atoms with Crippen LogP contribution in [0.2, 0.25) is 0 Å². The van der Waals surface area contributed by atoms with Crippen LogP contribution in [-0.2, 0) is 22.5 Å². The summed E-state index contributed by atoms with van der Waals surface area (Å²) in [5.41, 5.74) is 4.86. The first kappa shape index (κ1) is 27.1. The number of carbonyl (C=O) groups excluding carboxylic acids is 1. The molecule has 3 N–H and O–H groups in total. The third-order valence-electron chi connectivity index (χ3n) is 8.64. The lowest BCUT2D eigenvalue weighted by Crippen LogP contribution is -2.41. The van der Waals surface area contributed by atoms with Crippen LogP contribution in [0.25, 0.3) is 10.9 Å². The number of aliphatic hydroxyl groups is 1. The maximum atomic E-state index is 11.8. The van der Waals surface area contributed by atoms with Crippen LogP contribution >= 0.6 is 0 Å². The molecule has 3 aliphatic heterocycles. The Balaban J connectivity index is 1.17. The molecule has 3 aromatic rings. The lowest BCUT2D eigenvalue weighted by molar-refractivity contribution is -0.129. The van der Waals surface area contributed by atoms with Crippen LogP contribution in [0.15, 0.2) is 42.5 Å². The number of ether oxygens (including phenoxy) is 1. The normalized spacial score (nSPS) is 21.2. The summed E-state index contributed by atoms with van der Waals surface area (Å²) in [7, 11) is 0. The fourth-order valence-corrected chi connectivity index (χ4v) is 6.41. The van der Waals surface area contributed by atoms with Gasteiger partial charge in [-0.25, -0.2) is 4.68 Å². The van der Waals surface area contributed by atoms with E-state index in [-0.39, 0.29) is 12.1 Å². The number of hydrogen-bond acceptors (Lipinski definition) is 7. The number of aliphatic hydroxyl groups excluding tert-OH is 1. The molecule has 0 radical (unpaired) electrons. The molecule has 0 saturated carbocycles. The highest BCUT2D eigenvalue weighted by Gasteiger charge is 2.26. The van der Waals surface area contributed by atoms with Crippen LogP contribution in [0.4, 0.5) is 11.5 Å². The summed E-state index contributed by atoms with van der Waals surface area (Å²) in [5, 5.41) is 24.2. The second-order valence-corrected chi connectivity index (χ2v) is 11.5. The van der Waals surface area contributed by atoms with E-state index in [1.54, 1.807) is 6.92 Å². The summed E-state index contributed by atoms with van der Waals surface area (Å²) in [5.74, 6) is 0.929. The molecule has 0 spiro atoms. The van der Waals surface area contributed by atoms with Crippen molar-refractivity contribution in [1.82, 2.24) is 19.6 Å². The molecule has 0 bridgehead atoms. The van der Waals surface area contributed by atoms with Crippen molar-refractivity contribution >= 4 is 28.3 Å². The number of benzene rings is 2. The zero-order chi connectivity index (χ0) is 27.5. The smallest absolute Gasteiger partial charge is 0.219 e. The summed E-state index contributed by atoms with van der Waals surface area (Å²) >= 11 is 0. The number of anilines is 2. The number of para-hydroxylation sites is 1. The number of carbonyl (C=O) groups is 1. The SMILES string of the molecule is CC(=O)N1CCC(Nc2cccc3c(NCC(O)CN4CCc5ccccc5C4)nn(C4CCCCO4)c23)CC1. The fraction of sp³-hybridized carbons (Fsp3) is 0.548. The first-order chi connectivity index (χ1) is 19.5. The maximum Gasteiger partial charge on any atom is 0.219 e. The Labute approximate surface area is 236 Å². The van der Waals surface area contributed by atoms with Gasteiger partial charge in [-0.2, -0.15) is 5.10 Å². The van der Waals surface area contributed by atoms with E-state index in [4.69, 9.17) is 9.84 Å². The van der Waals surface area contributed by atoms with E-state index in [0.717, 1.165) is 93.7 Å². The standard InChI is InChI=1S/C31H42N6O3/c1-22(38)36-16-13-25(14-17-36)33-28-10-6-9-27-30(28)37(29-11-4-5-18-40-29)34-31(27)32-19-26(39)21-35-15-12-23-7-2-3-8-24(23)20-35/h2-3,6-10,25-26,29,33,39H,4-5,11-21H2,1H3,(H,32,34). The minimum absolute atomic E-state index is 0.104. The topological polar surface area (TPSA) is 94.9 Å². The molecule has 40 heavy (non-hydrogen) atoms. The number of fused-ring (bicyclic) bond motifs is 2. The number of rotatable bonds is 8. The Bertz CT molecular complexity index is 1310. The van der Waals surface area contributed by atoms with Crippen molar-refractivity contribution < 1.29 is 14.6 Å². The first-order valence-electron chi connectivity index (χ1n) is 14.9. The zero-order valence-corrected chi connectivity index (χ0v) is 23.5. The number of nitrogens with one attached hydrogen (secondary N) is 2. The molecular weight excluding hydrogens is 504 g/mol. The van der Waals surface area contributed by atoms with Crippen molar-refractivity contribution in [3.05, 3.63) is 53.6 Å². The predicted molar refractivity (Wildman–Crippen MR) is 157 cm³/mol. The minimum Gasteiger partial charge on any atom is -0.390 e. The molecule has 214 valence electrons. The lowest BCUT2D eigenvalue weighted by Gasteiger charge is -2.32. The molecule has 2 unspecified atom stereocenters. The van der Waals surface area contributed by atoms with Gasteiger partial charge < -0.3 is 25.4 Å². The quantitative estimate of drug-likeness (QED) is 0.393. The van der Waals surface area contributed by atoms with E-state index in [0.29, 0.717) is 19.1 Å². The Hall–Kier alpha value is -3.14. The summed E-state index contributed by atoms with van der Waals surface area (Å²) in [6.45, 7) is 6.84. The van der Waals surface area contributed by atoms with Crippen LogP contribution in [0.5, 0.6) is 0 Å². The van der Waals surface area contributed by atoms with Gasteiger partial charge in [-0.05, 0) is 61.8 Å². The van der Waals surface area contributed by atoms with Gasteiger partial charge >= 0.3 is 0 Å². The Morgan fingerprint density at radius 2 is 1.90 bits per heavy atom. The number of nitrogens with zero attached hydrogens (tertiary/aromatic N) is 4. The van der Waals surface area contributed by atoms with Gasteiger partial charge in [0.2, 0.25) is 5.91 Å². The second kappa shape index (κ2) is 12.2. The van der Waals surface area contributed by atoms with Crippen molar-refractivity contribution in [2.45, 2.75) is 70.4 Å². The number of aromatic nitrogens is 2. The molecule has 9 nitrogen and oxygen atoms in total. The number of β-amino-alcohol motifs (C(OH)–C–C–N with tert-alkyl or cyclic N) is 1. The predicted octanol–water partition coefficient (Wildman–Crippen LogP) is 3.99. The summed E-state index contributed by atoms with van der Waals surface area (Å²) in [4.78, 5) is 16.0. The Morgan fingerprint density at radius 1 is 1.07 bits per heavy atom. The van der Waals surface area contributed by atoms with Gasteiger partial charge in [-0.1, -0.05) is 30.3 Å². The highest BCUT2D eigenvalue weighted by atomic mass is 16.5. The van der Waals surface area contributed by atoms with E-state index in [1.807, 2.05) is 9.58 Å². The second-order valence-electron chi connectivity index (χ2n) is 11.5. The monoisotopic (exact) mass is 546 g/mol.